The number of carbonyl (C=O) groups excluding carboxylic acids is 3. The number of carbonyl (C=O) groups is 3. The Labute approximate surface area is 180 Å². The van der Waals surface area contributed by atoms with Crippen LogP contribution < -0.4 is 0 Å². The zero-order valence-electron chi connectivity index (χ0n) is 17.8. The van der Waals surface area contributed by atoms with Crippen LogP contribution in [0, 0.1) is 13.8 Å². The fraction of sp³-hybridized carbons (Fsp3) is 0.476. The molecule has 2 saturated heterocycles. The first kappa shape index (κ1) is 21.0. The molecule has 0 bridgehead atoms. The molecule has 0 aliphatic carbocycles. The van der Waals surface area contributed by atoms with Crippen molar-refractivity contribution in [1.29, 1.82) is 0 Å². The zero-order chi connectivity index (χ0) is 22.0. The van der Waals surface area contributed by atoms with Crippen molar-refractivity contribution in [2.75, 3.05) is 52.5 Å². The molecule has 2 aliphatic rings. The summed E-state index contributed by atoms with van der Waals surface area (Å²) in [6.07, 6.45) is 1.55. The summed E-state index contributed by atoms with van der Waals surface area (Å²) in [6.45, 7) is 7.05. The topological polar surface area (TPSA) is 101 Å². The fourth-order valence-electron chi connectivity index (χ4n) is 3.83. The van der Waals surface area contributed by atoms with Gasteiger partial charge in [0.05, 0.1) is 24.5 Å². The molecule has 0 atom stereocenters. The lowest BCUT2D eigenvalue weighted by Crippen LogP contribution is -2.55. The monoisotopic (exact) mass is 426 g/mol. The van der Waals surface area contributed by atoms with Crippen LogP contribution in [0.25, 0.3) is 5.82 Å². The Morgan fingerprint density at radius 3 is 2.03 bits per heavy atom. The predicted molar refractivity (Wildman–Crippen MR) is 111 cm³/mol. The Kier molecular flexibility index (Phi) is 5.99. The lowest BCUT2D eigenvalue weighted by atomic mass is 10.2. The largest absolute Gasteiger partial charge is 0.378 e. The van der Waals surface area contributed by atoms with E-state index in [1.807, 2.05) is 19.9 Å². The van der Waals surface area contributed by atoms with Crippen LogP contribution in [0.3, 0.4) is 0 Å². The summed E-state index contributed by atoms with van der Waals surface area (Å²) in [5.41, 5.74) is 2.35. The maximum Gasteiger partial charge on any atom is 0.312 e. The molecule has 2 aliphatic heterocycles. The number of ether oxygens (including phenoxy) is 1. The second-order valence-electron chi connectivity index (χ2n) is 7.73. The Hall–Kier alpha value is -3.27. The van der Waals surface area contributed by atoms with E-state index in [9.17, 15) is 14.4 Å². The minimum Gasteiger partial charge on any atom is -0.378 e. The van der Waals surface area contributed by atoms with Crippen molar-refractivity contribution in [2.45, 2.75) is 13.8 Å². The average Bonchev–Trinajstić information content (AvgIpc) is 3.16. The number of amides is 3. The summed E-state index contributed by atoms with van der Waals surface area (Å²) in [5, 5.41) is 4.40. The van der Waals surface area contributed by atoms with Gasteiger partial charge in [-0.3, -0.25) is 14.4 Å². The third-order valence-corrected chi connectivity index (χ3v) is 5.56. The van der Waals surface area contributed by atoms with E-state index in [0.717, 1.165) is 11.4 Å². The van der Waals surface area contributed by atoms with Gasteiger partial charge in [-0.1, -0.05) is 0 Å². The van der Waals surface area contributed by atoms with E-state index >= 15 is 0 Å². The smallest absolute Gasteiger partial charge is 0.312 e. The van der Waals surface area contributed by atoms with E-state index in [4.69, 9.17) is 4.74 Å². The minimum absolute atomic E-state index is 0.140. The van der Waals surface area contributed by atoms with Crippen LogP contribution in [0.5, 0.6) is 0 Å². The highest BCUT2D eigenvalue weighted by Crippen LogP contribution is 2.13. The molecular weight excluding hydrogens is 400 g/mol. The highest BCUT2D eigenvalue weighted by molar-refractivity contribution is 6.34. The highest BCUT2D eigenvalue weighted by atomic mass is 16.5. The maximum atomic E-state index is 12.8. The van der Waals surface area contributed by atoms with Crippen molar-refractivity contribution >= 4 is 17.7 Å². The van der Waals surface area contributed by atoms with Gasteiger partial charge in [-0.25, -0.2) is 9.67 Å². The number of rotatable bonds is 2. The first-order chi connectivity index (χ1) is 14.9. The van der Waals surface area contributed by atoms with Crippen LogP contribution in [0.15, 0.2) is 24.4 Å². The van der Waals surface area contributed by atoms with Gasteiger partial charge in [0.25, 0.3) is 5.91 Å². The zero-order valence-corrected chi connectivity index (χ0v) is 17.8. The predicted octanol–water partition coefficient (Wildman–Crippen LogP) is 0.0273. The molecule has 2 aromatic heterocycles. The number of piperazine rings is 1. The number of hydrogen-bond acceptors (Lipinski definition) is 6. The number of aromatic nitrogens is 3. The van der Waals surface area contributed by atoms with Gasteiger partial charge < -0.3 is 19.4 Å². The van der Waals surface area contributed by atoms with Crippen LogP contribution in [-0.2, 0) is 14.3 Å². The summed E-state index contributed by atoms with van der Waals surface area (Å²) in [4.78, 5) is 46.9. The van der Waals surface area contributed by atoms with Crippen molar-refractivity contribution in [3.8, 4) is 5.82 Å². The number of hydrogen-bond donors (Lipinski definition) is 0. The van der Waals surface area contributed by atoms with Crippen LogP contribution in [0.2, 0.25) is 0 Å². The SMILES string of the molecule is Cc1cc(C)n(-c2ccc(C(=O)N3CCN(C(=O)C(=O)N4CCOCC4)CC3)cn2)n1. The molecule has 0 aromatic carbocycles. The van der Waals surface area contributed by atoms with Crippen molar-refractivity contribution < 1.29 is 19.1 Å². The molecule has 0 N–H and O–H groups in total. The molecule has 4 rings (SSSR count). The van der Waals surface area contributed by atoms with Gasteiger partial charge in [-0.15, -0.1) is 0 Å². The molecule has 3 amide bonds. The van der Waals surface area contributed by atoms with E-state index in [-0.39, 0.29) is 5.91 Å². The van der Waals surface area contributed by atoms with Crippen LogP contribution in [0.4, 0.5) is 0 Å². The molecule has 164 valence electrons. The van der Waals surface area contributed by atoms with E-state index in [1.54, 1.807) is 27.9 Å². The summed E-state index contributed by atoms with van der Waals surface area (Å²) in [7, 11) is 0. The van der Waals surface area contributed by atoms with Gasteiger partial charge >= 0.3 is 11.8 Å². The number of nitrogens with zero attached hydrogens (tertiary/aromatic N) is 6. The second-order valence-corrected chi connectivity index (χ2v) is 7.73. The van der Waals surface area contributed by atoms with Gasteiger partial charge in [-0.2, -0.15) is 5.10 Å². The summed E-state index contributed by atoms with van der Waals surface area (Å²) in [5.74, 6) is -0.491. The van der Waals surface area contributed by atoms with Gasteiger partial charge in [0.1, 0.15) is 0 Å². The lowest BCUT2D eigenvalue weighted by Gasteiger charge is -2.35. The van der Waals surface area contributed by atoms with Crippen LogP contribution >= 0.6 is 0 Å². The Bertz CT molecular complexity index is 972. The average molecular weight is 426 g/mol. The second kappa shape index (κ2) is 8.84. The van der Waals surface area contributed by atoms with Gasteiger partial charge in [0.15, 0.2) is 5.82 Å². The quantitative estimate of drug-likeness (QED) is 0.628. The Balaban J connectivity index is 1.34. The third-order valence-electron chi connectivity index (χ3n) is 5.56. The first-order valence-corrected chi connectivity index (χ1v) is 10.4. The minimum atomic E-state index is -0.509. The molecule has 2 aromatic rings. The molecule has 4 heterocycles. The Morgan fingerprint density at radius 1 is 0.871 bits per heavy atom. The molecule has 0 spiro atoms. The lowest BCUT2D eigenvalue weighted by molar-refractivity contribution is -0.154. The van der Waals surface area contributed by atoms with Gasteiger partial charge in [0, 0.05) is 51.2 Å². The molecule has 10 nitrogen and oxygen atoms in total. The standard InChI is InChI=1S/C21H26N6O4/c1-15-13-16(2)27(23-15)18-4-3-17(14-22-18)19(28)24-5-7-25(8-6-24)20(29)21(30)26-9-11-31-12-10-26/h3-4,13-14H,5-12H2,1-2H3. The van der Waals surface area contributed by atoms with Gasteiger partial charge in [0.2, 0.25) is 0 Å². The molecular formula is C21H26N6O4. The molecule has 0 saturated carbocycles. The van der Waals surface area contributed by atoms with Crippen LogP contribution in [-0.4, -0.2) is 99.7 Å². The fourth-order valence-corrected chi connectivity index (χ4v) is 3.83. The maximum absolute atomic E-state index is 12.8. The van der Waals surface area contributed by atoms with Crippen molar-refractivity contribution in [3.63, 3.8) is 0 Å². The molecule has 0 radical (unpaired) electrons. The van der Waals surface area contributed by atoms with Crippen molar-refractivity contribution in [1.82, 2.24) is 29.5 Å². The summed E-state index contributed by atoms with van der Waals surface area (Å²) < 4.78 is 6.96. The number of morpholine rings is 1. The molecule has 10 heteroatoms. The van der Waals surface area contributed by atoms with E-state index in [2.05, 4.69) is 10.1 Å². The first-order valence-electron chi connectivity index (χ1n) is 10.4. The van der Waals surface area contributed by atoms with E-state index in [0.29, 0.717) is 63.9 Å². The number of aryl methyl sites for hydroxylation is 2. The molecule has 2 fully saturated rings. The number of pyridine rings is 1. The third kappa shape index (κ3) is 4.43. The van der Waals surface area contributed by atoms with E-state index in [1.165, 1.54) is 9.80 Å². The Morgan fingerprint density at radius 2 is 1.48 bits per heavy atom. The molecule has 31 heavy (non-hydrogen) atoms. The highest BCUT2D eigenvalue weighted by Gasteiger charge is 2.31. The van der Waals surface area contributed by atoms with Crippen LogP contribution in [0.1, 0.15) is 21.7 Å². The van der Waals surface area contributed by atoms with E-state index < -0.39 is 11.8 Å². The summed E-state index contributed by atoms with van der Waals surface area (Å²) >= 11 is 0. The van der Waals surface area contributed by atoms with Crippen molar-refractivity contribution in [2.24, 2.45) is 0 Å². The summed E-state index contributed by atoms with van der Waals surface area (Å²) in [6, 6.07) is 5.47. The van der Waals surface area contributed by atoms with Gasteiger partial charge in [-0.05, 0) is 32.0 Å². The molecule has 0 unspecified atom stereocenters. The normalized spacial score (nSPS) is 17.0. The van der Waals surface area contributed by atoms with Crippen molar-refractivity contribution in [3.05, 3.63) is 41.3 Å².